The van der Waals surface area contributed by atoms with E-state index >= 15 is 0 Å². The number of hydrogen-bond donors (Lipinski definition) is 3. The fourth-order valence-corrected chi connectivity index (χ4v) is 0. The van der Waals surface area contributed by atoms with Gasteiger partial charge in [-0.1, -0.05) is 0 Å². The molecule has 17 heteroatoms. The third-order valence-electron chi connectivity index (χ3n) is 0. The number of nitro groups is 1. The van der Waals surface area contributed by atoms with E-state index in [1.165, 1.54) is 0 Å². The van der Waals surface area contributed by atoms with Crippen molar-refractivity contribution in [1.82, 2.24) is 0 Å². The Bertz CT molecular complexity index is 160. The Balaban J connectivity index is -0.0000000369. The van der Waals surface area contributed by atoms with Crippen LogP contribution in [-0.4, -0.2) is 30.7 Å². The van der Waals surface area contributed by atoms with Crippen molar-refractivity contribution in [3.8, 4) is 0 Å². The molecule has 0 aromatic carbocycles. The minimum absolute atomic E-state index is 0. The molecule has 0 atom stereocenters. The summed E-state index contributed by atoms with van der Waals surface area (Å²) >= 11 is 0. The Kier molecular flexibility index (Phi) is 41.6. The number of nitrogens with zero attached hydrogens (tertiary/aromatic N) is 4. The van der Waals surface area contributed by atoms with Crippen LogP contribution in [0.4, 0.5) is 0 Å². The van der Waals surface area contributed by atoms with E-state index in [0.29, 0.717) is 0 Å². The van der Waals surface area contributed by atoms with Crippen LogP contribution < -0.4 is 57.2 Å². The molecule has 0 bridgehead atoms. The quantitative estimate of drug-likeness (QED) is 0.164. The topological polar surface area (TPSA) is 262 Å². The molecule has 0 unspecified atom stereocenters. The largest absolute Gasteiger partial charge is 1.00 e. The van der Waals surface area contributed by atoms with Gasteiger partial charge in [0, 0.05) is 0 Å². The van der Waals surface area contributed by atoms with E-state index in [9.17, 15) is 0 Å². The fourth-order valence-electron chi connectivity index (χ4n) is 0. The van der Waals surface area contributed by atoms with E-state index in [1.807, 2.05) is 0 Å². The van der Waals surface area contributed by atoms with E-state index in [2.05, 4.69) is 5.84 Å². The molecule has 4 N–H and O–H groups in total. The van der Waals surface area contributed by atoms with E-state index in [-0.39, 0.29) is 51.4 Å². The minimum atomic E-state index is -1.75. The molecule has 0 saturated carbocycles. The van der Waals surface area contributed by atoms with E-state index in [4.69, 9.17) is 56.1 Å². The molecular formula is H4KN5O11. The second-order valence-corrected chi connectivity index (χ2v) is 0.985. The van der Waals surface area contributed by atoms with Gasteiger partial charge in [-0.2, -0.15) is 5.84 Å². The summed E-state index contributed by atoms with van der Waals surface area (Å²) in [5.41, 5.74) is 0. The molecule has 96 valence electrons. The van der Waals surface area contributed by atoms with Gasteiger partial charge in [0.05, 0.1) is 5.09 Å². The van der Waals surface area contributed by atoms with Gasteiger partial charge in [0.2, 0.25) is 0 Å². The average molecular weight is 289 g/mol. The Labute approximate surface area is 132 Å². The smallest absolute Gasteiger partial charge is 0.356 e. The standard InChI is InChI=1S/K.H2N2O2.2HNO3.NO3/c;1-2(3)4;3*2-1(3)4/h;1H2;2*(H,2,3,4);/q+1;;;;-1. The summed E-state index contributed by atoms with van der Waals surface area (Å²) in [7, 11) is 0. The Hall–Kier alpha value is -1.56. The number of rotatable bonds is 0. The van der Waals surface area contributed by atoms with E-state index in [0.717, 1.165) is 0 Å². The Morgan fingerprint density at radius 2 is 0.765 bits per heavy atom. The first-order chi connectivity index (χ1) is 6.93. The normalized spacial score (nSPS) is 5.65. The number of nitrogens with two attached hydrogens (primary N) is 1. The van der Waals surface area contributed by atoms with Crippen molar-refractivity contribution in [2.75, 3.05) is 0 Å². The first-order valence-electron chi connectivity index (χ1n) is 2.30. The van der Waals surface area contributed by atoms with Crippen LogP contribution in [0.5, 0.6) is 0 Å². The van der Waals surface area contributed by atoms with Gasteiger partial charge in [-0.05, 0) is 0 Å². The molecule has 0 fully saturated rings. The molecular weight excluding hydrogens is 285 g/mol. The fraction of sp³-hybridized carbons (Fsp3) is 0. The summed E-state index contributed by atoms with van der Waals surface area (Å²) in [6.45, 7) is 0. The summed E-state index contributed by atoms with van der Waals surface area (Å²) in [6, 6.07) is 0. The van der Waals surface area contributed by atoms with Crippen LogP contribution in [-0.2, 0) is 0 Å². The van der Waals surface area contributed by atoms with Crippen LogP contribution in [0.15, 0.2) is 0 Å². The first-order valence-corrected chi connectivity index (χ1v) is 2.30. The maximum atomic E-state index is 8.58. The molecule has 17 heavy (non-hydrogen) atoms. The van der Waals surface area contributed by atoms with Crippen LogP contribution in [0.1, 0.15) is 0 Å². The molecule has 0 saturated heterocycles. The van der Waals surface area contributed by atoms with Crippen LogP contribution in [0.2, 0.25) is 0 Å². The van der Waals surface area contributed by atoms with Gasteiger partial charge in [0.1, 0.15) is 0 Å². The molecule has 0 radical (unpaired) electrons. The monoisotopic (exact) mass is 289 g/mol. The third-order valence-corrected chi connectivity index (χ3v) is 0. The molecule has 0 amide bonds. The van der Waals surface area contributed by atoms with Gasteiger partial charge in [-0.3, -0.25) is 0 Å². The van der Waals surface area contributed by atoms with Gasteiger partial charge in [0.25, 0.3) is 10.2 Å². The van der Waals surface area contributed by atoms with Crippen molar-refractivity contribution in [3.05, 3.63) is 45.7 Å². The Morgan fingerprint density at radius 1 is 0.765 bits per heavy atom. The van der Waals surface area contributed by atoms with Crippen LogP contribution in [0, 0.1) is 45.7 Å². The molecule has 16 nitrogen and oxygen atoms in total. The van der Waals surface area contributed by atoms with Gasteiger partial charge in [-0.15, -0.1) is 20.2 Å². The molecule has 0 aromatic heterocycles. The van der Waals surface area contributed by atoms with Crippen LogP contribution in [0.25, 0.3) is 0 Å². The predicted octanol–water partition coefficient (Wildman–Crippen LogP) is -4.79. The zero-order valence-corrected chi connectivity index (χ0v) is 11.1. The summed E-state index contributed by atoms with van der Waals surface area (Å²) < 4.78 is 0. The van der Waals surface area contributed by atoms with Gasteiger partial charge < -0.3 is 25.7 Å². The van der Waals surface area contributed by atoms with Crippen molar-refractivity contribution >= 4 is 0 Å². The maximum absolute atomic E-state index is 8.58. The van der Waals surface area contributed by atoms with Gasteiger partial charge in [0.15, 0.2) is 5.03 Å². The van der Waals surface area contributed by atoms with Crippen molar-refractivity contribution in [1.29, 1.82) is 0 Å². The zero-order chi connectivity index (χ0) is 14.3. The van der Waals surface area contributed by atoms with Crippen LogP contribution in [0.3, 0.4) is 0 Å². The molecule has 0 heterocycles. The summed E-state index contributed by atoms with van der Waals surface area (Å²) in [5.74, 6) is 3.83. The zero-order valence-electron chi connectivity index (χ0n) is 7.93. The van der Waals surface area contributed by atoms with E-state index < -0.39 is 20.3 Å². The second-order valence-electron chi connectivity index (χ2n) is 0.985. The summed E-state index contributed by atoms with van der Waals surface area (Å²) in [5, 5.41) is 49.6. The predicted molar refractivity (Wildman–Crippen MR) is 39.1 cm³/mol. The second kappa shape index (κ2) is 23.9. The first kappa shape index (κ1) is 29.5. The molecule has 0 rings (SSSR count). The summed E-state index contributed by atoms with van der Waals surface area (Å²) in [6.07, 6.45) is 0. The third kappa shape index (κ3) is 913. The number of hydrogen-bond acceptors (Lipinski definition) is 9. The van der Waals surface area contributed by atoms with Crippen molar-refractivity contribution < 1.29 is 82.1 Å². The van der Waals surface area contributed by atoms with Crippen molar-refractivity contribution in [2.45, 2.75) is 0 Å². The number of hydrazine groups is 1. The molecule has 0 aliphatic rings. The Morgan fingerprint density at radius 3 is 0.765 bits per heavy atom. The molecule has 0 aliphatic heterocycles. The molecule has 0 aliphatic carbocycles. The van der Waals surface area contributed by atoms with Crippen LogP contribution >= 0.6 is 0 Å². The minimum Gasteiger partial charge on any atom is -0.356 e. The summed E-state index contributed by atoms with van der Waals surface area (Å²) in [4.78, 5) is 33.6. The van der Waals surface area contributed by atoms with Gasteiger partial charge >= 0.3 is 51.4 Å². The van der Waals surface area contributed by atoms with Crippen molar-refractivity contribution in [3.63, 3.8) is 0 Å². The molecule has 0 spiro atoms. The maximum Gasteiger partial charge on any atom is 1.00 e. The molecule has 0 aromatic rings. The van der Waals surface area contributed by atoms with Crippen molar-refractivity contribution in [2.24, 2.45) is 5.84 Å². The van der Waals surface area contributed by atoms with E-state index in [1.54, 1.807) is 0 Å². The average Bonchev–Trinajstić information content (AvgIpc) is 1.76. The SMILES string of the molecule is N[N+](=O)[O-].O=[N+]([O-])O.O=[N+]([O-])O.O=[N+]([O-])[O-].[K+]. The van der Waals surface area contributed by atoms with Gasteiger partial charge in [-0.25, -0.2) is 10.1 Å².